The van der Waals surface area contributed by atoms with E-state index in [1.165, 1.54) is 11.1 Å². The minimum atomic E-state index is -0.00707. The first-order chi connectivity index (χ1) is 12.9. The number of ether oxygens (including phenoxy) is 2. The molecule has 146 valence electrons. The van der Waals surface area contributed by atoms with Crippen LogP contribution in [0.3, 0.4) is 0 Å². The van der Waals surface area contributed by atoms with Crippen molar-refractivity contribution in [2.75, 3.05) is 26.2 Å². The van der Waals surface area contributed by atoms with Gasteiger partial charge in [0.15, 0.2) is 0 Å². The smallest absolute Gasteiger partial charge is 0.119 e. The molecule has 0 aromatic heterocycles. The van der Waals surface area contributed by atoms with Gasteiger partial charge in [-0.1, -0.05) is 56.3 Å². The van der Waals surface area contributed by atoms with E-state index in [-0.39, 0.29) is 5.41 Å². The van der Waals surface area contributed by atoms with Crippen LogP contribution in [0.15, 0.2) is 54.6 Å². The topological polar surface area (TPSA) is 22.9 Å². The van der Waals surface area contributed by atoms with Gasteiger partial charge in [0, 0.05) is 11.8 Å². The van der Waals surface area contributed by atoms with Crippen molar-refractivity contribution in [3.63, 3.8) is 0 Å². The van der Waals surface area contributed by atoms with Crippen LogP contribution in [-0.4, -0.2) is 38.4 Å². The van der Waals surface area contributed by atoms with Gasteiger partial charge in [0.25, 0.3) is 0 Å². The molecule has 1 saturated heterocycles. The SMILES string of the molecule is C[C@@H]1C[NH+](CCCOc2ccc(C(C)(C)c3ccccc3)cc2)C[C@H](C)O1. The fraction of sp³-hybridized carbons (Fsp3) is 0.500. The van der Waals surface area contributed by atoms with Gasteiger partial charge in [0.05, 0.1) is 13.2 Å². The van der Waals surface area contributed by atoms with Gasteiger partial charge in [-0.05, 0) is 37.1 Å². The second kappa shape index (κ2) is 8.90. The van der Waals surface area contributed by atoms with Crippen molar-refractivity contribution in [3.8, 4) is 5.75 Å². The molecule has 1 heterocycles. The molecule has 3 rings (SSSR count). The summed E-state index contributed by atoms with van der Waals surface area (Å²) in [5.41, 5.74) is 2.63. The minimum absolute atomic E-state index is 0.00707. The van der Waals surface area contributed by atoms with Crippen LogP contribution < -0.4 is 9.64 Å². The fourth-order valence-electron chi connectivity index (χ4n) is 4.09. The highest BCUT2D eigenvalue weighted by atomic mass is 16.5. The van der Waals surface area contributed by atoms with Crippen molar-refractivity contribution in [1.29, 1.82) is 0 Å². The molecule has 2 aromatic carbocycles. The Bertz CT molecular complexity index is 686. The van der Waals surface area contributed by atoms with E-state index in [0.717, 1.165) is 38.4 Å². The monoisotopic (exact) mass is 368 g/mol. The van der Waals surface area contributed by atoms with Crippen LogP contribution in [0.5, 0.6) is 5.75 Å². The first kappa shape index (κ1) is 19.9. The maximum Gasteiger partial charge on any atom is 0.119 e. The van der Waals surface area contributed by atoms with Gasteiger partial charge < -0.3 is 14.4 Å². The average molecular weight is 369 g/mol. The molecule has 3 atom stereocenters. The number of nitrogens with one attached hydrogen (secondary N) is 1. The first-order valence-corrected chi connectivity index (χ1v) is 10.2. The number of benzene rings is 2. The summed E-state index contributed by atoms with van der Waals surface area (Å²) in [6.45, 7) is 13.0. The van der Waals surface area contributed by atoms with Crippen LogP contribution in [-0.2, 0) is 10.2 Å². The van der Waals surface area contributed by atoms with Gasteiger partial charge in [-0.25, -0.2) is 0 Å². The highest BCUT2D eigenvalue weighted by molar-refractivity contribution is 5.39. The molecule has 0 aliphatic carbocycles. The Morgan fingerprint density at radius 1 is 0.926 bits per heavy atom. The standard InChI is InChI=1S/C24H33NO2/c1-19-17-25(18-20(2)27-19)15-8-16-26-23-13-11-22(12-14-23)24(3,4)21-9-6-5-7-10-21/h5-7,9-14,19-20H,8,15-18H2,1-4H3/p+1/t19-,20+. The maximum atomic E-state index is 5.98. The Balaban J connectivity index is 1.48. The van der Waals surface area contributed by atoms with Crippen LogP contribution in [0.4, 0.5) is 0 Å². The summed E-state index contributed by atoms with van der Waals surface area (Å²) < 4.78 is 11.8. The van der Waals surface area contributed by atoms with Crippen molar-refractivity contribution < 1.29 is 14.4 Å². The number of hydrogen-bond acceptors (Lipinski definition) is 2. The Labute approximate surface area is 164 Å². The lowest BCUT2D eigenvalue weighted by Gasteiger charge is -2.32. The lowest BCUT2D eigenvalue weighted by atomic mass is 9.78. The van der Waals surface area contributed by atoms with Crippen LogP contribution in [0, 0.1) is 0 Å². The van der Waals surface area contributed by atoms with Gasteiger partial charge in [-0.2, -0.15) is 0 Å². The van der Waals surface area contributed by atoms with E-state index >= 15 is 0 Å². The lowest BCUT2D eigenvalue weighted by molar-refractivity contribution is -0.915. The lowest BCUT2D eigenvalue weighted by Crippen LogP contribution is -3.15. The molecular weight excluding hydrogens is 334 g/mol. The van der Waals surface area contributed by atoms with Crippen LogP contribution in [0.25, 0.3) is 0 Å². The van der Waals surface area contributed by atoms with Crippen molar-refractivity contribution in [1.82, 2.24) is 0 Å². The van der Waals surface area contributed by atoms with E-state index in [1.54, 1.807) is 4.90 Å². The number of quaternary nitrogens is 1. The molecule has 1 unspecified atom stereocenters. The zero-order chi connectivity index (χ0) is 19.3. The van der Waals surface area contributed by atoms with Gasteiger partial charge in [-0.15, -0.1) is 0 Å². The molecule has 1 aliphatic rings. The molecule has 0 spiro atoms. The normalized spacial score (nSPS) is 23.2. The molecular formula is C24H34NO2+. The van der Waals surface area contributed by atoms with E-state index in [4.69, 9.17) is 9.47 Å². The van der Waals surface area contributed by atoms with Gasteiger partial charge in [-0.3, -0.25) is 0 Å². The molecule has 0 saturated carbocycles. The van der Waals surface area contributed by atoms with E-state index in [9.17, 15) is 0 Å². The first-order valence-electron chi connectivity index (χ1n) is 10.2. The minimum Gasteiger partial charge on any atom is -0.493 e. The molecule has 3 nitrogen and oxygen atoms in total. The molecule has 1 N–H and O–H groups in total. The molecule has 1 aliphatic heterocycles. The number of rotatable bonds is 7. The van der Waals surface area contributed by atoms with Gasteiger partial charge in [0.1, 0.15) is 31.0 Å². The van der Waals surface area contributed by atoms with Crippen molar-refractivity contribution in [2.45, 2.75) is 51.7 Å². The quantitative estimate of drug-likeness (QED) is 0.756. The predicted octanol–water partition coefficient (Wildman–Crippen LogP) is 3.47. The molecule has 1 fully saturated rings. The summed E-state index contributed by atoms with van der Waals surface area (Å²) in [5, 5.41) is 0. The summed E-state index contributed by atoms with van der Waals surface area (Å²) in [5.74, 6) is 0.960. The van der Waals surface area contributed by atoms with Gasteiger partial charge in [0.2, 0.25) is 0 Å². The largest absolute Gasteiger partial charge is 0.493 e. The second-order valence-electron chi connectivity index (χ2n) is 8.38. The Morgan fingerprint density at radius 3 is 2.15 bits per heavy atom. The third-order valence-electron chi connectivity index (χ3n) is 5.63. The molecule has 0 radical (unpaired) electrons. The van der Waals surface area contributed by atoms with E-state index in [2.05, 4.69) is 82.3 Å². The summed E-state index contributed by atoms with van der Waals surface area (Å²) in [6.07, 6.45) is 1.81. The fourth-order valence-corrected chi connectivity index (χ4v) is 4.09. The Hall–Kier alpha value is -1.84. The number of morpholine rings is 1. The summed E-state index contributed by atoms with van der Waals surface area (Å²) in [4.78, 5) is 1.63. The highest BCUT2D eigenvalue weighted by Crippen LogP contribution is 2.32. The molecule has 0 amide bonds. The van der Waals surface area contributed by atoms with Crippen molar-refractivity contribution in [3.05, 3.63) is 65.7 Å². The molecule has 2 aromatic rings. The van der Waals surface area contributed by atoms with Crippen LogP contribution >= 0.6 is 0 Å². The summed E-state index contributed by atoms with van der Waals surface area (Å²) in [6, 6.07) is 19.3. The zero-order valence-corrected chi connectivity index (χ0v) is 17.2. The Morgan fingerprint density at radius 2 is 1.52 bits per heavy atom. The zero-order valence-electron chi connectivity index (χ0n) is 17.2. The summed E-state index contributed by atoms with van der Waals surface area (Å²) >= 11 is 0. The van der Waals surface area contributed by atoms with Gasteiger partial charge >= 0.3 is 0 Å². The predicted molar refractivity (Wildman–Crippen MR) is 111 cm³/mol. The second-order valence-corrected chi connectivity index (χ2v) is 8.38. The highest BCUT2D eigenvalue weighted by Gasteiger charge is 2.25. The van der Waals surface area contributed by atoms with E-state index in [1.807, 2.05) is 0 Å². The molecule has 0 bridgehead atoms. The van der Waals surface area contributed by atoms with E-state index in [0.29, 0.717) is 12.2 Å². The van der Waals surface area contributed by atoms with Crippen molar-refractivity contribution in [2.24, 2.45) is 0 Å². The van der Waals surface area contributed by atoms with E-state index < -0.39 is 0 Å². The number of hydrogen-bond donors (Lipinski definition) is 1. The van der Waals surface area contributed by atoms with Crippen LogP contribution in [0.2, 0.25) is 0 Å². The maximum absolute atomic E-state index is 5.98. The van der Waals surface area contributed by atoms with Crippen LogP contribution in [0.1, 0.15) is 45.2 Å². The molecule has 3 heteroatoms. The molecule has 27 heavy (non-hydrogen) atoms. The van der Waals surface area contributed by atoms with Crippen molar-refractivity contribution >= 4 is 0 Å². The third kappa shape index (κ3) is 5.33. The average Bonchev–Trinajstić information content (AvgIpc) is 2.66. The third-order valence-corrected chi connectivity index (χ3v) is 5.63. The Kier molecular flexibility index (Phi) is 6.56. The summed E-state index contributed by atoms with van der Waals surface area (Å²) in [7, 11) is 0.